The Balaban J connectivity index is 1.37. The van der Waals surface area contributed by atoms with Crippen molar-refractivity contribution >= 4 is 5.91 Å². The first-order valence-corrected chi connectivity index (χ1v) is 9.05. The Morgan fingerprint density at radius 1 is 1.25 bits per heavy atom. The van der Waals surface area contributed by atoms with E-state index in [9.17, 15) is 4.79 Å². The predicted molar refractivity (Wildman–Crippen MR) is 89.4 cm³/mol. The Hall–Kier alpha value is -1.59. The van der Waals surface area contributed by atoms with Crippen LogP contribution in [0.1, 0.15) is 41.6 Å². The lowest BCUT2D eigenvalue weighted by atomic mass is 9.86. The van der Waals surface area contributed by atoms with Gasteiger partial charge in [-0.25, -0.2) is 0 Å². The van der Waals surface area contributed by atoms with Gasteiger partial charge >= 0.3 is 0 Å². The van der Waals surface area contributed by atoms with E-state index in [0.717, 1.165) is 30.8 Å². The van der Waals surface area contributed by atoms with E-state index in [1.807, 2.05) is 18.2 Å². The van der Waals surface area contributed by atoms with E-state index in [1.54, 1.807) is 0 Å². The van der Waals surface area contributed by atoms with Crippen LogP contribution in [0.15, 0.2) is 18.2 Å². The molecule has 5 heteroatoms. The third kappa shape index (κ3) is 3.42. The predicted octanol–water partition coefficient (Wildman–Crippen LogP) is 2.33. The minimum Gasteiger partial charge on any atom is -0.493 e. The fraction of sp³-hybridized carbons (Fsp3) is 0.632. The van der Waals surface area contributed by atoms with Crippen LogP contribution in [-0.4, -0.2) is 44.5 Å². The van der Waals surface area contributed by atoms with Gasteiger partial charge in [0.1, 0.15) is 11.9 Å². The molecule has 0 spiro atoms. The van der Waals surface area contributed by atoms with Gasteiger partial charge in [0.25, 0.3) is 5.91 Å². The second kappa shape index (κ2) is 7.11. The Bertz CT molecular complexity index is 599. The lowest BCUT2D eigenvalue weighted by molar-refractivity contribution is -0.0819. The summed E-state index contributed by atoms with van der Waals surface area (Å²) >= 11 is 0. The van der Waals surface area contributed by atoms with Crippen LogP contribution in [-0.2, 0) is 15.9 Å². The fourth-order valence-electron chi connectivity index (χ4n) is 3.54. The van der Waals surface area contributed by atoms with Crippen molar-refractivity contribution in [3.05, 3.63) is 29.3 Å². The molecule has 2 atom stereocenters. The highest BCUT2D eigenvalue weighted by Crippen LogP contribution is 2.28. The lowest BCUT2D eigenvalue weighted by Gasteiger charge is -2.34. The van der Waals surface area contributed by atoms with E-state index in [-0.39, 0.29) is 18.1 Å². The molecule has 5 nitrogen and oxygen atoms in total. The summed E-state index contributed by atoms with van der Waals surface area (Å²) in [6.07, 6.45) is 5.48. The highest BCUT2D eigenvalue weighted by Gasteiger charge is 2.30. The van der Waals surface area contributed by atoms with Crippen LogP contribution in [0.2, 0.25) is 0 Å². The summed E-state index contributed by atoms with van der Waals surface area (Å²) < 4.78 is 17.1. The van der Waals surface area contributed by atoms with Gasteiger partial charge in [0.2, 0.25) is 0 Å². The van der Waals surface area contributed by atoms with E-state index in [0.29, 0.717) is 31.3 Å². The van der Waals surface area contributed by atoms with Gasteiger partial charge in [-0.1, -0.05) is 6.42 Å². The first-order chi connectivity index (χ1) is 11.8. The molecule has 24 heavy (non-hydrogen) atoms. The zero-order chi connectivity index (χ0) is 16.4. The van der Waals surface area contributed by atoms with Crippen molar-refractivity contribution in [2.45, 2.75) is 44.2 Å². The minimum atomic E-state index is -0.0407. The average Bonchev–Trinajstić information content (AvgIpc) is 3.02. The molecule has 1 N–H and O–H groups in total. The summed E-state index contributed by atoms with van der Waals surface area (Å²) in [4.78, 5) is 12.6. The number of hydrogen-bond acceptors (Lipinski definition) is 4. The number of fused-ring (bicyclic) bond motifs is 1. The summed E-state index contributed by atoms with van der Waals surface area (Å²) in [6, 6.07) is 5.70. The van der Waals surface area contributed by atoms with Crippen LogP contribution < -0.4 is 10.1 Å². The SMILES string of the molecule is O=C(N[C@@H]1CCOC[C@H]1OCC1CCC1)c1ccc2c(c1)CCO2. The number of rotatable bonds is 5. The van der Waals surface area contributed by atoms with E-state index in [4.69, 9.17) is 14.2 Å². The largest absolute Gasteiger partial charge is 0.493 e. The van der Waals surface area contributed by atoms with E-state index in [2.05, 4.69) is 5.32 Å². The summed E-state index contributed by atoms with van der Waals surface area (Å²) in [5, 5.41) is 3.15. The quantitative estimate of drug-likeness (QED) is 0.900. The molecule has 1 saturated carbocycles. The van der Waals surface area contributed by atoms with Crippen LogP contribution in [0.3, 0.4) is 0 Å². The summed E-state index contributed by atoms with van der Waals surface area (Å²) in [5.41, 5.74) is 1.82. The Morgan fingerprint density at radius 2 is 2.17 bits per heavy atom. The molecule has 1 saturated heterocycles. The molecule has 1 aromatic rings. The van der Waals surface area contributed by atoms with Crippen molar-refractivity contribution in [2.24, 2.45) is 5.92 Å². The molecule has 0 unspecified atom stereocenters. The van der Waals surface area contributed by atoms with Gasteiger partial charge in [0.15, 0.2) is 0 Å². The molecular formula is C19H25NO4. The highest BCUT2D eigenvalue weighted by molar-refractivity contribution is 5.94. The van der Waals surface area contributed by atoms with Crippen molar-refractivity contribution in [3.8, 4) is 5.75 Å². The number of hydrogen-bond donors (Lipinski definition) is 1. The first kappa shape index (κ1) is 15.9. The molecule has 1 amide bonds. The van der Waals surface area contributed by atoms with Crippen LogP contribution in [0.4, 0.5) is 0 Å². The summed E-state index contributed by atoms with van der Waals surface area (Å²) in [5.74, 6) is 1.56. The maximum atomic E-state index is 12.6. The lowest BCUT2D eigenvalue weighted by Crippen LogP contribution is -2.50. The number of benzene rings is 1. The van der Waals surface area contributed by atoms with Crippen LogP contribution in [0.5, 0.6) is 5.75 Å². The van der Waals surface area contributed by atoms with Crippen LogP contribution in [0, 0.1) is 5.92 Å². The molecular weight excluding hydrogens is 306 g/mol. The molecule has 0 aromatic heterocycles. The monoisotopic (exact) mass is 331 g/mol. The molecule has 2 heterocycles. The number of ether oxygens (including phenoxy) is 3. The van der Waals surface area contributed by atoms with Gasteiger partial charge in [-0.2, -0.15) is 0 Å². The van der Waals surface area contributed by atoms with Crippen LogP contribution >= 0.6 is 0 Å². The topological polar surface area (TPSA) is 56.8 Å². The normalized spacial score (nSPS) is 26.3. The van der Waals surface area contributed by atoms with Crippen molar-refractivity contribution in [1.29, 1.82) is 0 Å². The van der Waals surface area contributed by atoms with Crippen molar-refractivity contribution in [2.75, 3.05) is 26.4 Å². The van der Waals surface area contributed by atoms with Gasteiger partial charge < -0.3 is 19.5 Å². The minimum absolute atomic E-state index is 0.0239. The Kier molecular flexibility index (Phi) is 4.72. The second-order valence-electron chi connectivity index (χ2n) is 7.03. The van der Waals surface area contributed by atoms with Gasteiger partial charge in [0.05, 0.1) is 19.3 Å². The zero-order valence-corrected chi connectivity index (χ0v) is 14.0. The molecule has 4 rings (SSSR count). The number of carbonyl (C=O) groups is 1. The maximum absolute atomic E-state index is 12.6. The second-order valence-corrected chi connectivity index (χ2v) is 7.03. The molecule has 2 aliphatic heterocycles. The molecule has 1 aliphatic carbocycles. The van der Waals surface area contributed by atoms with Crippen LogP contribution in [0.25, 0.3) is 0 Å². The van der Waals surface area contributed by atoms with Crippen molar-refractivity contribution in [1.82, 2.24) is 5.32 Å². The van der Waals surface area contributed by atoms with Gasteiger partial charge in [0, 0.05) is 25.2 Å². The van der Waals surface area contributed by atoms with E-state index < -0.39 is 0 Å². The van der Waals surface area contributed by atoms with Crippen molar-refractivity contribution < 1.29 is 19.0 Å². The van der Waals surface area contributed by atoms with E-state index >= 15 is 0 Å². The zero-order valence-electron chi connectivity index (χ0n) is 14.0. The number of nitrogens with one attached hydrogen (secondary N) is 1. The first-order valence-electron chi connectivity index (χ1n) is 9.05. The standard InChI is InChI=1S/C19H25NO4/c21-19(15-4-5-17-14(10-15)6-9-23-17)20-16-7-8-22-12-18(16)24-11-13-2-1-3-13/h4-5,10,13,16,18H,1-3,6-9,11-12H2,(H,20,21)/t16-,18-/m1/s1. The number of carbonyl (C=O) groups excluding carboxylic acids is 1. The fourth-order valence-corrected chi connectivity index (χ4v) is 3.54. The molecule has 1 aromatic carbocycles. The third-order valence-electron chi connectivity index (χ3n) is 5.34. The third-order valence-corrected chi connectivity index (χ3v) is 5.34. The van der Waals surface area contributed by atoms with Gasteiger partial charge in [-0.3, -0.25) is 4.79 Å². The Labute approximate surface area is 142 Å². The molecule has 0 radical (unpaired) electrons. The molecule has 0 bridgehead atoms. The van der Waals surface area contributed by atoms with Crippen molar-refractivity contribution in [3.63, 3.8) is 0 Å². The molecule has 3 aliphatic rings. The van der Waals surface area contributed by atoms with Gasteiger partial charge in [-0.05, 0) is 48.9 Å². The smallest absolute Gasteiger partial charge is 0.251 e. The molecule has 130 valence electrons. The van der Waals surface area contributed by atoms with Gasteiger partial charge in [-0.15, -0.1) is 0 Å². The summed E-state index contributed by atoms with van der Waals surface area (Å²) in [7, 11) is 0. The highest BCUT2D eigenvalue weighted by atomic mass is 16.5. The summed E-state index contributed by atoms with van der Waals surface area (Å²) in [6.45, 7) is 2.73. The molecule has 2 fully saturated rings. The average molecular weight is 331 g/mol. The van der Waals surface area contributed by atoms with E-state index in [1.165, 1.54) is 19.3 Å². The Morgan fingerprint density at radius 3 is 3.00 bits per heavy atom. The maximum Gasteiger partial charge on any atom is 0.251 e. The number of amides is 1.